The van der Waals surface area contributed by atoms with Gasteiger partial charge in [-0.3, -0.25) is 9.59 Å². The van der Waals surface area contributed by atoms with Gasteiger partial charge in [0.15, 0.2) is 0 Å². The Labute approximate surface area is 147 Å². The summed E-state index contributed by atoms with van der Waals surface area (Å²) in [6.07, 6.45) is 0.981. The van der Waals surface area contributed by atoms with Crippen molar-refractivity contribution in [3.05, 3.63) is 35.4 Å². The van der Waals surface area contributed by atoms with Crippen LogP contribution in [0.1, 0.15) is 42.7 Å². The lowest BCUT2D eigenvalue weighted by atomic mass is 9.86. The molecule has 1 aromatic rings. The summed E-state index contributed by atoms with van der Waals surface area (Å²) in [5, 5.41) is 22.8. The first-order valence-corrected chi connectivity index (χ1v) is 9.01. The quantitative estimate of drug-likeness (QED) is 0.748. The lowest BCUT2D eigenvalue weighted by Gasteiger charge is -2.32. The van der Waals surface area contributed by atoms with E-state index in [0.29, 0.717) is 32.4 Å². The molecule has 2 aliphatic rings. The molecule has 1 fully saturated rings. The third kappa shape index (κ3) is 4.38. The van der Waals surface area contributed by atoms with Crippen LogP contribution in [-0.4, -0.2) is 52.7 Å². The molecule has 25 heavy (non-hydrogen) atoms. The standard InChI is InChI=1S/C19H26N2O4/c22-16(9-15-12-20-11-14-3-1-2-4-17(14)15)10-18(23)21-7-5-13(6-8-21)19(24)25/h1-4,13,15-16,20,22H,5-12H2,(H,24,25). The summed E-state index contributed by atoms with van der Waals surface area (Å²) >= 11 is 0. The second kappa shape index (κ2) is 7.97. The average molecular weight is 346 g/mol. The fraction of sp³-hybridized carbons (Fsp3) is 0.579. The van der Waals surface area contributed by atoms with Crippen LogP contribution in [0, 0.1) is 5.92 Å². The molecule has 1 aromatic carbocycles. The third-order valence-electron chi connectivity index (χ3n) is 5.36. The van der Waals surface area contributed by atoms with Crippen LogP contribution < -0.4 is 5.32 Å². The number of carboxylic acids is 1. The van der Waals surface area contributed by atoms with Crippen LogP contribution >= 0.6 is 0 Å². The predicted molar refractivity (Wildman–Crippen MR) is 93.1 cm³/mol. The highest BCUT2D eigenvalue weighted by Crippen LogP contribution is 2.28. The molecule has 0 saturated carbocycles. The number of aliphatic hydroxyl groups is 1. The van der Waals surface area contributed by atoms with Gasteiger partial charge in [-0.1, -0.05) is 24.3 Å². The van der Waals surface area contributed by atoms with Crippen molar-refractivity contribution in [3.8, 4) is 0 Å². The van der Waals surface area contributed by atoms with E-state index in [9.17, 15) is 14.7 Å². The molecule has 2 heterocycles. The molecule has 2 unspecified atom stereocenters. The van der Waals surface area contributed by atoms with Gasteiger partial charge < -0.3 is 20.4 Å². The Hall–Kier alpha value is -1.92. The lowest BCUT2D eigenvalue weighted by Crippen LogP contribution is -2.41. The number of piperidine rings is 1. The molecular formula is C19H26N2O4. The highest BCUT2D eigenvalue weighted by Gasteiger charge is 2.29. The van der Waals surface area contributed by atoms with E-state index in [-0.39, 0.29) is 24.2 Å². The minimum absolute atomic E-state index is 0.0756. The van der Waals surface area contributed by atoms with Gasteiger partial charge in [0.05, 0.1) is 18.4 Å². The number of benzene rings is 1. The SMILES string of the molecule is O=C(O)C1CCN(C(=O)CC(O)CC2CNCc3ccccc32)CC1. The van der Waals surface area contributed by atoms with Crippen LogP contribution in [0.2, 0.25) is 0 Å². The molecule has 3 rings (SSSR count). The first-order valence-electron chi connectivity index (χ1n) is 9.01. The molecule has 6 heteroatoms. The number of aliphatic carboxylic acids is 1. The van der Waals surface area contributed by atoms with E-state index in [1.165, 1.54) is 11.1 Å². The number of aliphatic hydroxyl groups excluding tert-OH is 1. The molecule has 1 saturated heterocycles. The van der Waals surface area contributed by atoms with Crippen LogP contribution in [0.15, 0.2) is 24.3 Å². The second-order valence-electron chi connectivity index (χ2n) is 7.11. The zero-order valence-corrected chi connectivity index (χ0v) is 14.4. The fourth-order valence-electron chi connectivity index (χ4n) is 3.91. The first-order chi connectivity index (χ1) is 12.0. The van der Waals surface area contributed by atoms with Crippen LogP contribution in [0.4, 0.5) is 0 Å². The van der Waals surface area contributed by atoms with Crippen molar-refractivity contribution in [1.29, 1.82) is 0 Å². The summed E-state index contributed by atoms with van der Waals surface area (Å²) < 4.78 is 0. The molecule has 1 amide bonds. The van der Waals surface area contributed by atoms with Gasteiger partial charge in [0, 0.05) is 26.2 Å². The first kappa shape index (κ1) is 17.9. The van der Waals surface area contributed by atoms with Gasteiger partial charge in [-0.25, -0.2) is 0 Å². The molecule has 0 radical (unpaired) electrons. The smallest absolute Gasteiger partial charge is 0.306 e. The van der Waals surface area contributed by atoms with E-state index in [2.05, 4.69) is 17.4 Å². The van der Waals surface area contributed by atoms with Crippen molar-refractivity contribution in [2.75, 3.05) is 19.6 Å². The Balaban J connectivity index is 1.51. The van der Waals surface area contributed by atoms with E-state index in [1.54, 1.807) is 4.90 Å². The minimum atomic E-state index is -0.782. The number of nitrogens with one attached hydrogen (secondary N) is 1. The summed E-state index contributed by atoms with van der Waals surface area (Å²) in [6.45, 7) is 2.60. The molecule has 6 nitrogen and oxygen atoms in total. The van der Waals surface area contributed by atoms with E-state index < -0.39 is 12.1 Å². The zero-order valence-electron chi connectivity index (χ0n) is 14.4. The van der Waals surface area contributed by atoms with Crippen molar-refractivity contribution in [3.63, 3.8) is 0 Å². The topological polar surface area (TPSA) is 89.9 Å². The maximum atomic E-state index is 12.4. The summed E-state index contributed by atoms with van der Waals surface area (Å²) in [5.74, 6) is -0.992. The zero-order chi connectivity index (χ0) is 17.8. The van der Waals surface area contributed by atoms with E-state index >= 15 is 0 Å². The van der Waals surface area contributed by atoms with Crippen molar-refractivity contribution >= 4 is 11.9 Å². The van der Waals surface area contributed by atoms with Gasteiger partial charge >= 0.3 is 5.97 Å². The average Bonchev–Trinajstić information content (AvgIpc) is 2.62. The van der Waals surface area contributed by atoms with Gasteiger partial charge in [0.25, 0.3) is 0 Å². The predicted octanol–water partition coefficient (Wildman–Crippen LogP) is 1.34. The maximum absolute atomic E-state index is 12.4. The number of amides is 1. The number of carboxylic acid groups (broad SMARTS) is 1. The molecule has 136 valence electrons. The highest BCUT2D eigenvalue weighted by molar-refractivity contribution is 5.77. The number of nitrogens with zero attached hydrogens (tertiary/aromatic N) is 1. The monoisotopic (exact) mass is 346 g/mol. The van der Waals surface area contributed by atoms with Crippen LogP contribution in [0.25, 0.3) is 0 Å². The molecule has 0 spiro atoms. The maximum Gasteiger partial charge on any atom is 0.306 e. The van der Waals surface area contributed by atoms with Crippen LogP contribution in [0.5, 0.6) is 0 Å². The summed E-state index contributed by atoms with van der Waals surface area (Å²) in [5.41, 5.74) is 2.52. The normalized spacial score (nSPS) is 22.3. The molecular weight excluding hydrogens is 320 g/mol. The Kier molecular flexibility index (Phi) is 5.71. The number of hydrogen-bond donors (Lipinski definition) is 3. The number of hydrogen-bond acceptors (Lipinski definition) is 4. The van der Waals surface area contributed by atoms with Crippen LogP contribution in [0.3, 0.4) is 0 Å². The second-order valence-corrected chi connectivity index (χ2v) is 7.11. The number of carbonyl (C=O) groups excluding carboxylic acids is 1. The van der Waals surface area contributed by atoms with Crippen molar-refractivity contribution in [2.45, 2.75) is 44.2 Å². The Morgan fingerprint density at radius 2 is 1.96 bits per heavy atom. The minimum Gasteiger partial charge on any atom is -0.481 e. The Bertz CT molecular complexity index is 626. The molecule has 0 aliphatic carbocycles. The van der Waals surface area contributed by atoms with Crippen molar-refractivity contribution in [1.82, 2.24) is 10.2 Å². The number of rotatable bonds is 5. The summed E-state index contributed by atoms with van der Waals surface area (Å²) in [7, 11) is 0. The Morgan fingerprint density at radius 3 is 2.68 bits per heavy atom. The van der Waals surface area contributed by atoms with Crippen molar-refractivity contribution < 1.29 is 19.8 Å². The van der Waals surface area contributed by atoms with Gasteiger partial charge in [-0.2, -0.15) is 0 Å². The van der Waals surface area contributed by atoms with Gasteiger partial charge in [0.1, 0.15) is 0 Å². The number of carbonyl (C=O) groups is 2. The molecule has 0 bridgehead atoms. The van der Waals surface area contributed by atoms with E-state index in [0.717, 1.165) is 13.1 Å². The Morgan fingerprint density at radius 1 is 1.24 bits per heavy atom. The summed E-state index contributed by atoms with van der Waals surface area (Å²) in [6, 6.07) is 8.23. The molecule has 2 atom stereocenters. The van der Waals surface area contributed by atoms with Gasteiger partial charge in [-0.05, 0) is 36.3 Å². The van der Waals surface area contributed by atoms with Gasteiger partial charge in [0.2, 0.25) is 5.91 Å². The van der Waals surface area contributed by atoms with E-state index in [1.807, 2.05) is 12.1 Å². The third-order valence-corrected chi connectivity index (χ3v) is 5.36. The van der Waals surface area contributed by atoms with Gasteiger partial charge in [-0.15, -0.1) is 0 Å². The number of likely N-dealkylation sites (tertiary alicyclic amines) is 1. The summed E-state index contributed by atoms with van der Waals surface area (Å²) in [4.78, 5) is 25.0. The molecule has 2 aliphatic heterocycles. The largest absolute Gasteiger partial charge is 0.481 e. The number of fused-ring (bicyclic) bond motifs is 1. The fourth-order valence-corrected chi connectivity index (χ4v) is 3.91. The van der Waals surface area contributed by atoms with Crippen LogP contribution in [-0.2, 0) is 16.1 Å². The molecule has 0 aromatic heterocycles. The van der Waals surface area contributed by atoms with Crippen molar-refractivity contribution in [2.24, 2.45) is 5.92 Å². The van der Waals surface area contributed by atoms with E-state index in [4.69, 9.17) is 5.11 Å². The lowest BCUT2D eigenvalue weighted by molar-refractivity contribution is -0.146. The molecule has 3 N–H and O–H groups in total. The highest BCUT2D eigenvalue weighted by atomic mass is 16.4.